The molecule has 1 atom stereocenters. The molecule has 2 heterocycles. The van der Waals surface area contributed by atoms with Gasteiger partial charge in [-0.05, 0) is 42.5 Å². The summed E-state index contributed by atoms with van der Waals surface area (Å²) >= 11 is 0. The quantitative estimate of drug-likeness (QED) is 0.725. The zero-order valence-electron chi connectivity index (χ0n) is 14.6. The summed E-state index contributed by atoms with van der Waals surface area (Å²) < 4.78 is 5.31. The van der Waals surface area contributed by atoms with Gasteiger partial charge < -0.3 is 9.42 Å². The van der Waals surface area contributed by atoms with Crippen LogP contribution in [0, 0.1) is 5.92 Å². The molecule has 6 heteroatoms. The van der Waals surface area contributed by atoms with Crippen LogP contribution in [0.1, 0.15) is 23.4 Å². The summed E-state index contributed by atoms with van der Waals surface area (Å²) in [5, 5.41) is 3.99. The van der Waals surface area contributed by atoms with Gasteiger partial charge >= 0.3 is 0 Å². The van der Waals surface area contributed by atoms with Crippen molar-refractivity contribution < 1.29 is 9.32 Å². The Kier molecular flexibility index (Phi) is 4.48. The van der Waals surface area contributed by atoms with E-state index in [0.29, 0.717) is 18.3 Å². The minimum atomic E-state index is 0.0116. The van der Waals surface area contributed by atoms with Gasteiger partial charge in [0.15, 0.2) is 0 Å². The van der Waals surface area contributed by atoms with Crippen LogP contribution in [0.5, 0.6) is 0 Å². The predicted octanol–water partition coefficient (Wildman–Crippen LogP) is 2.90. The summed E-state index contributed by atoms with van der Waals surface area (Å²) in [5.74, 6) is 1.08. The molecule has 1 aliphatic carbocycles. The van der Waals surface area contributed by atoms with Gasteiger partial charge in [-0.3, -0.25) is 9.78 Å². The Morgan fingerprint density at radius 3 is 2.77 bits per heavy atom. The molecule has 0 spiro atoms. The molecule has 0 aliphatic heterocycles. The van der Waals surface area contributed by atoms with Gasteiger partial charge in [0.1, 0.15) is 0 Å². The summed E-state index contributed by atoms with van der Waals surface area (Å²) in [5.41, 5.74) is 3.48. The van der Waals surface area contributed by atoms with Crippen molar-refractivity contribution in [2.75, 3.05) is 7.05 Å². The normalized spacial score (nSPS) is 16.1. The zero-order valence-corrected chi connectivity index (χ0v) is 14.6. The fourth-order valence-electron chi connectivity index (χ4n) is 3.44. The Bertz CT molecular complexity index is 907. The lowest BCUT2D eigenvalue weighted by molar-refractivity contribution is -0.135. The molecule has 132 valence electrons. The highest BCUT2D eigenvalue weighted by Crippen LogP contribution is 2.27. The molecule has 6 nitrogen and oxygen atoms in total. The Labute approximate surface area is 151 Å². The van der Waals surface area contributed by atoms with Crippen LogP contribution in [0.4, 0.5) is 0 Å². The maximum Gasteiger partial charge on any atom is 0.246 e. The van der Waals surface area contributed by atoms with Crippen molar-refractivity contribution >= 4 is 5.91 Å². The van der Waals surface area contributed by atoms with E-state index in [4.69, 9.17) is 4.52 Å². The lowest BCUT2D eigenvalue weighted by Crippen LogP contribution is -2.35. The van der Waals surface area contributed by atoms with E-state index in [-0.39, 0.29) is 11.8 Å². The number of hydrogen-bond donors (Lipinski definition) is 0. The Morgan fingerprint density at radius 2 is 1.96 bits per heavy atom. The molecule has 1 amide bonds. The van der Waals surface area contributed by atoms with E-state index in [1.165, 1.54) is 11.1 Å². The number of benzene rings is 1. The minimum absolute atomic E-state index is 0.0116. The summed E-state index contributed by atoms with van der Waals surface area (Å²) in [6.07, 6.45) is 5.99. The third kappa shape index (κ3) is 3.35. The van der Waals surface area contributed by atoms with Gasteiger partial charge in [0.25, 0.3) is 0 Å². The standard InChI is InChI=1S/C20H20N4O2/c1-24(13-18-22-19(23-26-18)15-8-10-21-11-9-15)20(25)17-7-6-14-4-2-3-5-16(14)12-17/h2-5,8-11,17H,6-7,12-13H2,1H3/t17-/m1/s1. The molecule has 0 unspecified atom stereocenters. The summed E-state index contributed by atoms with van der Waals surface area (Å²) in [6, 6.07) is 12.0. The highest BCUT2D eigenvalue weighted by atomic mass is 16.5. The number of pyridine rings is 1. The van der Waals surface area contributed by atoms with E-state index in [0.717, 1.165) is 24.8 Å². The summed E-state index contributed by atoms with van der Waals surface area (Å²) in [7, 11) is 1.79. The van der Waals surface area contributed by atoms with E-state index in [1.807, 2.05) is 18.2 Å². The third-order valence-corrected chi connectivity index (χ3v) is 4.85. The van der Waals surface area contributed by atoms with E-state index in [2.05, 4.69) is 33.3 Å². The lowest BCUT2D eigenvalue weighted by Gasteiger charge is -2.27. The largest absolute Gasteiger partial charge is 0.337 e. The monoisotopic (exact) mass is 348 g/mol. The minimum Gasteiger partial charge on any atom is -0.337 e. The number of rotatable bonds is 4. The fraction of sp³-hybridized carbons (Fsp3) is 0.300. The topological polar surface area (TPSA) is 72.1 Å². The van der Waals surface area contributed by atoms with Gasteiger partial charge in [0.05, 0.1) is 6.54 Å². The lowest BCUT2D eigenvalue weighted by atomic mass is 9.83. The molecule has 0 fully saturated rings. The first kappa shape index (κ1) is 16.4. The first-order valence-corrected chi connectivity index (χ1v) is 8.75. The van der Waals surface area contributed by atoms with Crippen molar-refractivity contribution in [3.63, 3.8) is 0 Å². The second-order valence-electron chi connectivity index (χ2n) is 6.65. The van der Waals surface area contributed by atoms with Gasteiger partial charge in [-0.1, -0.05) is 29.4 Å². The van der Waals surface area contributed by atoms with Crippen LogP contribution < -0.4 is 0 Å². The Balaban J connectivity index is 1.42. The molecule has 0 saturated carbocycles. The number of hydrogen-bond acceptors (Lipinski definition) is 5. The third-order valence-electron chi connectivity index (χ3n) is 4.85. The van der Waals surface area contributed by atoms with E-state index >= 15 is 0 Å². The van der Waals surface area contributed by atoms with Crippen LogP contribution in [0.3, 0.4) is 0 Å². The van der Waals surface area contributed by atoms with Crippen molar-refractivity contribution in [2.45, 2.75) is 25.8 Å². The van der Waals surface area contributed by atoms with Crippen molar-refractivity contribution in [1.29, 1.82) is 0 Å². The highest BCUT2D eigenvalue weighted by Gasteiger charge is 2.27. The molecule has 0 saturated heterocycles. The van der Waals surface area contributed by atoms with Crippen LogP contribution in [-0.4, -0.2) is 33.0 Å². The van der Waals surface area contributed by atoms with Crippen molar-refractivity contribution in [3.8, 4) is 11.4 Å². The molecule has 2 aromatic heterocycles. The fourth-order valence-corrected chi connectivity index (χ4v) is 3.44. The molecule has 0 N–H and O–H groups in total. The Hall–Kier alpha value is -3.02. The number of aromatic nitrogens is 3. The predicted molar refractivity (Wildman–Crippen MR) is 96.0 cm³/mol. The van der Waals surface area contributed by atoms with Gasteiger partial charge in [-0.2, -0.15) is 4.98 Å². The first-order chi connectivity index (χ1) is 12.7. The summed E-state index contributed by atoms with van der Waals surface area (Å²) in [6.45, 7) is 0.315. The summed E-state index contributed by atoms with van der Waals surface area (Å²) in [4.78, 5) is 22.9. The van der Waals surface area contributed by atoms with Crippen molar-refractivity contribution in [2.24, 2.45) is 5.92 Å². The molecule has 3 aromatic rings. The Morgan fingerprint density at radius 1 is 1.19 bits per heavy atom. The van der Waals surface area contributed by atoms with Crippen LogP contribution in [0.25, 0.3) is 11.4 Å². The molecule has 0 radical (unpaired) electrons. The molecular weight excluding hydrogens is 328 g/mol. The van der Waals surface area contributed by atoms with E-state index < -0.39 is 0 Å². The van der Waals surface area contributed by atoms with Crippen LogP contribution in [-0.2, 0) is 24.2 Å². The second-order valence-corrected chi connectivity index (χ2v) is 6.65. The molecule has 1 aromatic carbocycles. The highest BCUT2D eigenvalue weighted by molar-refractivity contribution is 5.79. The van der Waals surface area contributed by atoms with Crippen LogP contribution in [0.15, 0.2) is 53.3 Å². The van der Waals surface area contributed by atoms with E-state index in [9.17, 15) is 4.79 Å². The molecular formula is C20H20N4O2. The SMILES string of the molecule is CN(Cc1nc(-c2ccncc2)no1)C(=O)[C@@H]1CCc2ccccc2C1. The average molecular weight is 348 g/mol. The van der Waals surface area contributed by atoms with Crippen LogP contribution >= 0.6 is 0 Å². The number of fused-ring (bicyclic) bond motifs is 1. The van der Waals surface area contributed by atoms with Gasteiger partial charge in [-0.25, -0.2) is 0 Å². The maximum absolute atomic E-state index is 12.8. The second kappa shape index (κ2) is 7.07. The number of aryl methyl sites for hydroxylation is 1. The number of carbonyl (C=O) groups excluding carboxylic acids is 1. The first-order valence-electron chi connectivity index (χ1n) is 8.75. The smallest absolute Gasteiger partial charge is 0.246 e. The maximum atomic E-state index is 12.8. The zero-order chi connectivity index (χ0) is 17.9. The van der Waals surface area contributed by atoms with Gasteiger partial charge in [-0.15, -0.1) is 0 Å². The number of amides is 1. The molecule has 0 bridgehead atoms. The van der Waals surface area contributed by atoms with Crippen molar-refractivity contribution in [1.82, 2.24) is 20.0 Å². The van der Waals surface area contributed by atoms with Gasteiger partial charge in [0.2, 0.25) is 17.6 Å². The van der Waals surface area contributed by atoms with Crippen molar-refractivity contribution in [3.05, 3.63) is 65.8 Å². The average Bonchev–Trinajstić information content (AvgIpc) is 3.16. The molecule has 26 heavy (non-hydrogen) atoms. The molecule has 1 aliphatic rings. The number of nitrogens with zero attached hydrogens (tertiary/aromatic N) is 4. The number of carbonyl (C=O) groups is 1. The van der Waals surface area contributed by atoms with Crippen LogP contribution in [0.2, 0.25) is 0 Å². The van der Waals surface area contributed by atoms with Gasteiger partial charge in [0, 0.05) is 30.9 Å². The van der Waals surface area contributed by atoms with E-state index in [1.54, 1.807) is 24.3 Å². The molecule has 4 rings (SSSR count).